The fourth-order valence-electron chi connectivity index (χ4n) is 5.75. The van der Waals surface area contributed by atoms with Crippen LogP contribution in [0.1, 0.15) is 37.9 Å². The van der Waals surface area contributed by atoms with Gasteiger partial charge in [0.25, 0.3) is 0 Å². The normalized spacial score (nSPS) is 25.5. The van der Waals surface area contributed by atoms with E-state index >= 15 is 0 Å². The highest BCUT2D eigenvalue weighted by Crippen LogP contribution is 2.54. The van der Waals surface area contributed by atoms with Crippen LogP contribution >= 0.6 is 0 Å². The second-order valence-electron chi connectivity index (χ2n) is 10.3. The number of hydrogen-bond donors (Lipinski definition) is 0. The fourth-order valence-corrected chi connectivity index (χ4v) is 5.75. The van der Waals surface area contributed by atoms with Gasteiger partial charge in [-0.15, -0.1) is 0 Å². The number of rotatable bonds is 2. The zero-order valence-corrected chi connectivity index (χ0v) is 19.3. The Bertz CT molecular complexity index is 1400. The first-order chi connectivity index (χ1) is 16.3. The van der Waals surface area contributed by atoms with E-state index in [1.807, 2.05) is 87.5 Å². The van der Waals surface area contributed by atoms with Gasteiger partial charge in [-0.1, -0.05) is 81.4 Å². The molecule has 3 heterocycles. The minimum atomic E-state index is -0.795. The zero-order chi connectivity index (χ0) is 23.8. The fraction of sp³-hybridized carbons (Fsp3) is 0.286. The van der Waals surface area contributed by atoms with E-state index in [9.17, 15) is 14.4 Å². The summed E-state index contributed by atoms with van der Waals surface area (Å²) >= 11 is 0. The lowest BCUT2D eigenvalue weighted by molar-refractivity contribution is -0.136. The molecule has 34 heavy (non-hydrogen) atoms. The topological polar surface area (TPSA) is 70.0 Å². The highest BCUT2D eigenvalue weighted by Gasteiger charge is 2.66. The zero-order valence-electron chi connectivity index (χ0n) is 19.3. The Morgan fingerprint density at radius 2 is 1.53 bits per heavy atom. The second kappa shape index (κ2) is 7.10. The molecule has 6 rings (SSSR count). The first-order valence-corrected chi connectivity index (χ1v) is 11.6. The molecule has 0 spiro atoms. The summed E-state index contributed by atoms with van der Waals surface area (Å²) < 4.78 is 0. The van der Waals surface area contributed by atoms with E-state index in [1.165, 1.54) is 4.90 Å². The third kappa shape index (κ3) is 2.74. The predicted molar refractivity (Wildman–Crippen MR) is 130 cm³/mol. The lowest BCUT2D eigenvalue weighted by Crippen LogP contribution is -2.48. The van der Waals surface area contributed by atoms with Crippen molar-refractivity contribution >= 4 is 40.3 Å². The summed E-state index contributed by atoms with van der Waals surface area (Å²) in [6, 6.07) is 19.9. The maximum atomic E-state index is 14.0. The molecule has 3 aliphatic heterocycles. The first kappa shape index (κ1) is 20.8. The van der Waals surface area contributed by atoms with Crippen molar-refractivity contribution in [2.75, 3.05) is 4.90 Å². The smallest absolute Gasteiger partial charge is 0.240 e. The molecule has 3 aliphatic rings. The van der Waals surface area contributed by atoms with Crippen molar-refractivity contribution in [3.63, 3.8) is 0 Å². The highest BCUT2D eigenvalue weighted by molar-refractivity contribution is 6.26. The van der Waals surface area contributed by atoms with E-state index in [2.05, 4.69) is 5.10 Å². The maximum Gasteiger partial charge on any atom is 0.240 e. The molecule has 2 amide bonds. The molecule has 170 valence electrons. The van der Waals surface area contributed by atoms with E-state index in [0.29, 0.717) is 5.69 Å². The van der Waals surface area contributed by atoms with Crippen LogP contribution in [0.5, 0.6) is 0 Å². The minimum Gasteiger partial charge on any atom is -0.297 e. The number of carbonyl (C=O) groups is 3. The Kier molecular flexibility index (Phi) is 4.34. The molecule has 0 aliphatic carbocycles. The highest BCUT2D eigenvalue weighted by atomic mass is 16.2. The van der Waals surface area contributed by atoms with Crippen LogP contribution in [0.25, 0.3) is 10.8 Å². The molecule has 0 bridgehead atoms. The van der Waals surface area contributed by atoms with Crippen molar-refractivity contribution < 1.29 is 14.4 Å². The molecule has 0 radical (unpaired) electrons. The van der Waals surface area contributed by atoms with Gasteiger partial charge in [-0.25, -0.2) is 4.90 Å². The van der Waals surface area contributed by atoms with Crippen molar-refractivity contribution in [2.24, 2.45) is 22.4 Å². The molecule has 2 fully saturated rings. The van der Waals surface area contributed by atoms with Gasteiger partial charge < -0.3 is 0 Å². The number of hydrogen-bond acceptors (Lipinski definition) is 5. The molecule has 2 saturated heterocycles. The number of carbonyl (C=O) groups excluding carboxylic acids is 3. The lowest BCUT2D eigenvalue weighted by atomic mass is 9.79. The van der Waals surface area contributed by atoms with Crippen LogP contribution in [0.2, 0.25) is 0 Å². The van der Waals surface area contributed by atoms with Crippen molar-refractivity contribution in [3.05, 3.63) is 77.9 Å². The van der Waals surface area contributed by atoms with E-state index in [4.69, 9.17) is 0 Å². The predicted octanol–water partition coefficient (Wildman–Crippen LogP) is 4.33. The Morgan fingerprint density at radius 1 is 0.853 bits per heavy atom. The summed E-state index contributed by atoms with van der Waals surface area (Å²) in [4.78, 5) is 43.1. The van der Waals surface area contributed by atoms with Crippen molar-refractivity contribution in [3.8, 4) is 0 Å². The number of ketones is 1. The van der Waals surface area contributed by atoms with Gasteiger partial charge in [-0.3, -0.25) is 19.4 Å². The number of amides is 2. The monoisotopic (exact) mass is 451 g/mol. The molecular weight excluding hydrogens is 426 g/mol. The summed E-state index contributed by atoms with van der Waals surface area (Å²) in [5.74, 6) is -2.14. The number of Topliss-reactive ketones (excluding diaryl/α,β-unsaturated/α-hetero) is 1. The van der Waals surface area contributed by atoms with Crippen LogP contribution in [0.3, 0.4) is 0 Å². The molecule has 6 heteroatoms. The van der Waals surface area contributed by atoms with Gasteiger partial charge in [-0.05, 0) is 22.6 Å². The quantitative estimate of drug-likeness (QED) is 0.544. The van der Waals surface area contributed by atoms with Gasteiger partial charge in [0.05, 0.1) is 29.8 Å². The van der Waals surface area contributed by atoms with Gasteiger partial charge in [0.15, 0.2) is 5.78 Å². The van der Waals surface area contributed by atoms with Crippen LogP contribution in [-0.2, 0) is 14.4 Å². The average Bonchev–Trinajstić information content (AvgIpc) is 3.30. The molecule has 0 N–H and O–H groups in total. The van der Waals surface area contributed by atoms with E-state index in [0.717, 1.165) is 21.9 Å². The summed E-state index contributed by atoms with van der Waals surface area (Å²) in [6.45, 7) is 5.55. The molecule has 6 nitrogen and oxygen atoms in total. The van der Waals surface area contributed by atoms with E-state index < -0.39 is 29.3 Å². The SMILES string of the molecule is CC(C)(C)C(=O)[C@@H]1[C@@H]2C(=O)N(c3cccc4ccccc34)C(=O)[C@@H]2[C@H]2c3ccccc3C=NN12. The van der Waals surface area contributed by atoms with Gasteiger partial charge in [-0.2, -0.15) is 5.10 Å². The van der Waals surface area contributed by atoms with Crippen molar-refractivity contribution in [1.29, 1.82) is 0 Å². The molecule has 3 aromatic rings. The van der Waals surface area contributed by atoms with Crippen LogP contribution in [0, 0.1) is 17.3 Å². The second-order valence-corrected chi connectivity index (χ2v) is 10.3. The maximum absolute atomic E-state index is 14.0. The number of fused-ring (bicyclic) bond motifs is 6. The third-order valence-electron chi connectivity index (χ3n) is 7.31. The number of benzene rings is 3. The molecule has 3 aromatic carbocycles. The van der Waals surface area contributed by atoms with Crippen LogP contribution in [0.4, 0.5) is 5.69 Å². The Labute approximate surface area is 197 Å². The number of anilines is 1. The summed E-state index contributed by atoms with van der Waals surface area (Å²) in [6.07, 6.45) is 1.73. The summed E-state index contributed by atoms with van der Waals surface area (Å²) in [5, 5.41) is 8.13. The number of imide groups is 1. The Hall–Kier alpha value is -3.80. The Balaban J connectivity index is 1.54. The van der Waals surface area contributed by atoms with Crippen LogP contribution < -0.4 is 4.90 Å². The average molecular weight is 452 g/mol. The van der Waals surface area contributed by atoms with E-state index in [1.54, 1.807) is 11.2 Å². The van der Waals surface area contributed by atoms with Gasteiger partial charge >= 0.3 is 0 Å². The summed E-state index contributed by atoms with van der Waals surface area (Å²) in [5.41, 5.74) is 1.73. The van der Waals surface area contributed by atoms with Crippen molar-refractivity contribution in [2.45, 2.75) is 32.9 Å². The van der Waals surface area contributed by atoms with Crippen LogP contribution in [0.15, 0.2) is 71.8 Å². The lowest BCUT2D eigenvalue weighted by Gasteiger charge is -2.35. The third-order valence-corrected chi connectivity index (χ3v) is 7.31. The molecular formula is C28H25N3O3. The molecule has 0 unspecified atom stereocenters. The number of hydrazone groups is 1. The van der Waals surface area contributed by atoms with Crippen LogP contribution in [-0.4, -0.2) is 34.9 Å². The largest absolute Gasteiger partial charge is 0.297 e. The van der Waals surface area contributed by atoms with Gasteiger partial charge in [0, 0.05) is 10.8 Å². The standard InChI is InChI=1S/C28H25N3O3/c1-28(2,3)25(32)24-22-21(23-19-13-7-5-10-17(19)15-29-31(23)24)26(33)30(27(22)34)20-14-8-11-16-9-4-6-12-18(16)20/h4-15,21-24H,1-3H3/t21-,22+,23+,24-/m0/s1. The molecule has 0 aromatic heterocycles. The molecule has 4 atom stereocenters. The number of nitrogens with zero attached hydrogens (tertiary/aromatic N) is 3. The van der Waals surface area contributed by atoms with Gasteiger partial charge in [0.2, 0.25) is 11.8 Å². The minimum absolute atomic E-state index is 0.0811. The Morgan fingerprint density at radius 3 is 2.32 bits per heavy atom. The molecule has 0 saturated carbocycles. The van der Waals surface area contributed by atoms with Crippen molar-refractivity contribution in [1.82, 2.24) is 5.01 Å². The first-order valence-electron chi connectivity index (χ1n) is 11.6. The van der Waals surface area contributed by atoms with E-state index in [-0.39, 0.29) is 17.6 Å². The summed E-state index contributed by atoms with van der Waals surface area (Å²) in [7, 11) is 0. The van der Waals surface area contributed by atoms with Gasteiger partial charge in [0.1, 0.15) is 6.04 Å².